The lowest BCUT2D eigenvalue weighted by Crippen LogP contribution is -2.20. The van der Waals surface area contributed by atoms with E-state index in [1.54, 1.807) is 18.2 Å². The van der Waals surface area contributed by atoms with E-state index < -0.39 is 15.9 Å². The highest BCUT2D eigenvalue weighted by molar-refractivity contribution is 7.90. The van der Waals surface area contributed by atoms with Crippen molar-refractivity contribution in [3.8, 4) is 11.5 Å². The largest absolute Gasteiger partial charge is 0.493 e. The van der Waals surface area contributed by atoms with E-state index in [4.69, 9.17) is 9.47 Å². The SMILES string of the molecule is CCOc1cc2c(cc1/C=C/C(=O)Nc1cccc(S(=O)(=O)/N=C3/CCCN3C)c1)OC(C)C2. The maximum absolute atomic E-state index is 12.7. The molecule has 1 fully saturated rings. The topological polar surface area (TPSA) is 97.3 Å². The molecule has 0 aliphatic carbocycles. The van der Waals surface area contributed by atoms with Crippen LogP contribution < -0.4 is 14.8 Å². The zero-order valence-corrected chi connectivity index (χ0v) is 20.4. The zero-order chi connectivity index (χ0) is 24.3. The van der Waals surface area contributed by atoms with Crippen LogP contribution in [0, 0.1) is 0 Å². The Balaban J connectivity index is 1.49. The van der Waals surface area contributed by atoms with Crippen molar-refractivity contribution < 1.29 is 22.7 Å². The average molecular weight is 484 g/mol. The zero-order valence-electron chi connectivity index (χ0n) is 19.6. The summed E-state index contributed by atoms with van der Waals surface area (Å²) in [4.78, 5) is 14.4. The van der Waals surface area contributed by atoms with Crippen LogP contribution in [0.4, 0.5) is 5.69 Å². The summed E-state index contributed by atoms with van der Waals surface area (Å²) in [6.45, 7) is 5.21. The number of sulfonamides is 1. The number of carbonyl (C=O) groups excluding carboxylic acids is 1. The molecule has 1 amide bonds. The highest BCUT2D eigenvalue weighted by Crippen LogP contribution is 2.35. The molecular formula is C25H29N3O5S. The minimum Gasteiger partial charge on any atom is -0.493 e. The Morgan fingerprint density at radius 1 is 1.32 bits per heavy atom. The predicted octanol–water partition coefficient (Wildman–Crippen LogP) is 3.87. The second kappa shape index (κ2) is 9.89. The molecule has 1 unspecified atom stereocenters. The maximum atomic E-state index is 12.7. The van der Waals surface area contributed by atoms with E-state index in [-0.39, 0.29) is 11.0 Å². The highest BCUT2D eigenvalue weighted by Gasteiger charge is 2.22. The predicted molar refractivity (Wildman–Crippen MR) is 132 cm³/mol. The third-order valence-electron chi connectivity index (χ3n) is 5.70. The van der Waals surface area contributed by atoms with Gasteiger partial charge in [-0.1, -0.05) is 6.07 Å². The summed E-state index contributed by atoms with van der Waals surface area (Å²) < 4.78 is 41.0. The van der Waals surface area contributed by atoms with Gasteiger partial charge in [-0.05, 0) is 56.7 Å². The Morgan fingerprint density at radius 2 is 2.15 bits per heavy atom. The van der Waals surface area contributed by atoms with Crippen molar-refractivity contribution in [3.05, 3.63) is 53.6 Å². The number of hydrogen-bond donors (Lipinski definition) is 1. The van der Waals surface area contributed by atoms with Gasteiger partial charge in [0.1, 0.15) is 23.4 Å². The van der Waals surface area contributed by atoms with Gasteiger partial charge in [0.2, 0.25) is 5.91 Å². The van der Waals surface area contributed by atoms with Crippen molar-refractivity contribution in [2.75, 3.05) is 25.5 Å². The van der Waals surface area contributed by atoms with Crippen LogP contribution in [-0.2, 0) is 21.2 Å². The summed E-state index contributed by atoms with van der Waals surface area (Å²) in [5.74, 6) is 1.64. The molecule has 2 aliphatic rings. The molecule has 1 N–H and O–H groups in total. The van der Waals surface area contributed by atoms with Crippen LogP contribution >= 0.6 is 0 Å². The molecule has 180 valence electrons. The molecule has 2 heterocycles. The minimum absolute atomic E-state index is 0.0330. The summed E-state index contributed by atoms with van der Waals surface area (Å²) >= 11 is 0. The first-order valence-corrected chi connectivity index (χ1v) is 12.8. The first kappa shape index (κ1) is 23.8. The number of rotatable bonds is 7. The van der Waals surface area contributed by atoms with Gasteiger partial charge in [0, 0.05) is 49.3 Å². The van der Waals surface area contributed by atoms with Crippen molar-refractivity contribution in [2.24, 2.45) is 4.40 Å². The Bertz CT molecular complexity index is 1250. The van der Waals surface area contributed by atoms with Crippen molar-refractivity contribution in [3.63, 3.8) is 0 Å². The molecule has 0 saturated carbocycles. The molecule has 0 radical (unpaired) electrons. The Morgan fingerprint density at radius 3 is 2.88 bits per heavy atom. The molecule has 8 nitrogen and oxygen atoms in total. The Labute approximate surface area is 200 Å². The van der Waals surface area contributed by atoms with E-state index in [0.29, 0.717) is 30.3 Å². The number of carbonyl (C=O) groups is 1. The molecule has 4 rings (SSSR count). The number of hydrogen-bond acceptors (Lipinski definition) is 5. The van der Waals surface area contributed by atoms with Crippen molar-refractivity contribution in [2.45, 2.75) is 44.1 Å². The molecule has 9 heteroatoms. The highest BCUT2D eigenvalue weighted by atomic mass is 32.2. The standard InChI is InChI=1S/C25H29N3O5S/c1-4-32-22-15-19-13-17(2)33-23(19)14-18(22)10-11-25(29)26-20-7-5-8-21(16-20)34(30,31)27-24-9-6-12-28(24)3/h5,7-8,10-11,14-17H,4,6,9,12-13H2,1-3H3,(H,26,29)/b11-10+,27-24-. The molecule has 2 aliphatic heterocycles. The molecule has 34 heavy (non-hydrogen) atoms. The number of amidine groups is 1. The molecule has 0 spiro atoms. The van der Waals surface area contributed by atoms with E-state index >= 15 is 0 Å². The van der Waals surface area contributed by atoms with Gasteiger partial charge in [-0.25, -0.2) is 0 Å². The van der Waals surface area contributed by atoms with E-state index in [9.17, 15) is 13.2 Å². The average Bonchev–Trinajstić information content (AvgIpc) is 3.35. The van der Waals surface area contributed by atoms with Gasteiger partial charge in [0.05, 0.1) is 11.5 Å². The van der Waals surface area contributed by atoms with Crippen LogP contribution in [0.25, 0.3) is 6.08 Å². The Hall–Kier alpha value is -3.33. The van der Waals surface area contributed by atoms with Gasteiger partial charge < -0.3 is 19.7 Å². The number of amides is 1. The Kier molecular flexibility index (Phi) is 6.92. The monoisotopic (exact) mass is 483 g/mol. The number of fused-ring (bicyclic) bond motifs is 1. The first-order chi connectivity index (χ1) is 16.2. The summed E-state index contributed by atoms with van der Waals surface area (Å²) in [7, 11) is -2.04. The smallest absolute Gasteiger partial charge is 0.284 e. The van der Waals surface area contributed by atoms with Crippen LogP contribution in [0.1, 0.15) is 37.8 Å². The van der Waals surface area contributed by atoms with Crippen LogP contribution in [0.2, 0.25) is 0 Å². The molecule has 1 atom stereocenters. The molecule has 0 bridgehead atoms. The fraction of sp³-hybridized carbons (Fsp3) is 0.360. The van der Waals surface area contributed by atoms with Crippen LogP contribution in [0.3, 0.4) is 0 Å². The lowest BCUT2D eigenvalue weighted by atomic mass is 10.1. The van der Waals surface area contributed by atoms with E-state index in [1.165, 1.54) is 18.2 Å². The number of ether oxygens (including phenoxy) is 2. The third-order valence-corrected chi connectivity index (χ3v) is 7.00. The lowest BCUT2D eigenvalue weighted by molar-refractivity contribution is -0.111. The number of anilines is 1. The lowest BCUT2D eigenvalue weighted by Gasteiger charge is -2.11. The fourth-order valence-electron chi connectivity index (χ4n) is 4.05. The van der Waals surface area contributed by atoms with Gasteiger partial charge in [-0.15, -0.1) is 4.40 Å². The maximum Gasteiger partial charge on any atom is 0.284 e. The van der Waals surface area contributed by atoms with E-state index in [2.05, 4.69) is 9.71 Å². The quantitative estimate of drug-likeness (QED) is 0.601. The minimum atomic E-state index is -3.87. The van der Waals surface area contributed by atoms with Crippen LogP contribution in [0.5, 0.6) is 11.5 Å². The summed E-state index contributed by atoms with van der Waals surface area (Å²) in [6.07, 6.45) is 5.49. The molecule has 2 aromatic carbocycles. The van der Waals surface area contributed by atoms with Crippen molar-refractivity contribution in [1.82, 2.24) is 4.90 Å². The molecule has 2 aromatic rings. The van der Waals surface area contributed by atoms with Gasteiger partial charge in [0.15, 0.2) is 0 Å². The van der Waals surface area contributed by atoms with Gasteiger partial charge in [-0.2, -0.15) is 8.42 Å². The number of nitrogens with zero attached hydrogens (tertiary/aromatic N) is 2. The molecule has 1 saturated heterocycles. The van der Waals surface area contributed by atoms with E-state index in [0.717, 1.165) is 36.3 Å². The summed E-state index contributed by atoms with van der Waals surface area (Å²) in [6, 6.07) is 9.93. The normalized spacial score (nSPS) is 18.9. The fourth-order valence-corrected chi connectivity index (χ4v) is 5.19. The van der Waals surface area contributed by atoms with Crippen molar-refractivity contribution >= 4 is 33.5 Å². The van der Waals surface area contributed by atoms with Crippen LogP contribution in [-0.4, -0.2) is 51.4 Å². The summed E-state index contributed by atoms with van der Waals surface area (Å²) in [5.41, 5.74) is 2.19. The van der Waals surface area contributed by atoms with Gasteiger partial charge in [-0.3, -0.25) is 4.79 Å². The molecule has 0 aromatic heterocycles. The third kappa shape index (κ3) is 5.41. The number of nitrogens with one attached hydrogen (secondary N) is 1. The second-order valence-corrected chi connectivity index (χ2v) is 10.0. The number of benzene rings is 2. The summed E-state index contributed by atoms with van der Waals surface area (Å²) in [5, 5.41) is 2.72. The van der Waals surface area contributed by atoms with E-state index in [1.807, 2.05) is 37.9 Å². The molecular weight excluding hydrogens is 454 g/mol. The first-order valence-electron chi connectivity index (χ1n) is 11.4. The van der Waals surface area contributed by atoms with Gasteiger partial charge in [0.25, 0.3) is 10.0 Å². The number of likely N-dealkylation sites (tertiary alicyclic amines) is 1. The van der Waals surface area contributed by atoms with Crippen LogP contribution in [0.15, 0.2) is 51.8 Å². The van der Waals surface area contributed by atoms with Gasteiger partial charge >= 0.3 is 0 Å². The second-order valence-electron chi connectivity index (χ2n) is 8.42. The van der Waals surface area contributed by atoms with Crippen molar-refractivity contribution in [1.29, 1.82) is 0 Å².